The normalized spacial score (nSPS) is 29.4. The van der Waals surface area contributed by atoms with Gasteiger partial charge in [0.25, 0.3) is 0 Å². The number of carbonyl (C=O) groups excluding carboxylic acids is 1. The van der Waals surface area contributed by atoms with Crippen LogP contribution in [0.25, 0.3) is 0 Å². The topological polar surface area (TPSA) is 71.8 Å². The van der Waals surface area contributed by atoms with Crippen LogP contribution in [0.15, 0.2) is 11.2 Å². The van der Waals surface area contributed by atoms with Crippen molar-refractivity contribution < 1.29 is 31.5 Å². The molecular formula is C23H32F5N5O2S. The Bertz CT molecular complexity index is 948. The van der Waals surface area contributed by atoms with E-state index in [9.17, 15) is 22.4 Å². The van der Waals surface area contributed by atoms with Gasteiger partial charge in [-0.05, 0) is 51.5 Å². The van der Waals surface area contributed by atoms with Crippen LogP contribution in [0.5, 0.6) is 0 Å². The van der Waals surface area contributed by atoms with Crippen LogP contribution in [0.4, 0.5) is 22.0 Å². The number of hydrogen-bond donors (Lipinski definition) is 1. The van der Waals surface area contributed by atoms with E-state index in [0.717, 1.165) is 24.2 Å². The molecule has 2 unspecified atom stereocenters. The third-order valence-electron chi connectivity index (χ3n) is 7.19. The molecule has 3 heterocycles. The lowest BCUT2D eigenvalue weighted by Crippen LogP contribution is -2.43. The van der Waals surface area contributed by atoms with Crippen LogP contribution in [0.3, 0.4) is 0 Å². The molecule has 2 aliphatic heterocycles. The summed E-state index contributed by atoms with van der Waals surface area (Å²) in [4.78, 5) is 18.8. The van der Waals surface area contributed by atoms with Crippen molar-refractivity contribution >= 4 is 22.9 Å². The number of aryl methyl sites for hydroxylation is 1. The second-order valence-corrected chi connectivity index (χ2v) is 11.1. The van der Waals surface area contributed by atoms with Gasteiger partial charge < -0.3 is 15.0 Å². The molecule has 36 heavy (non-hydrogen) atoms. The molecule has 1 saturated carbocycles. The Balaban J connectivity index is 1.16. The van der Waals surface area contributed by atoms with Gasteiger partial charge in [-0.3, -0.25) is 4.79 Å². The third kappa shape index (κ3) is 7.33. The van der Waals surface area contributed by atoms with Crippen molar-refractivity contribution in [2.75, 3.05) is 26.2 Å². The quantitative estimate of drug-likeness (QED) is 0.537. The number of aliphatic imine (C=N–C) groups is 1. The fraction of sp³-hybridized carbons (Fsp3) is 0.783. The summed E-state index contributed by atoms with van der Waals surface area (Å²) < 4.78 is 72.3. The molecule has 0 bridgehead atoms. The van der Waals surface area contributed by atoms with Gasteiger partial charge in [0.05, 0.1) is 18.7 Å². The van der Waals surface area contributed by atoms with E-state index in [1.807, 2.05) is 0 Å². The van der Waals surface area contributed by atoms with Gasteiger partial charge in [-0.25, -0.2) is 14.1 Å². The first kappa shape index (κ1) is 27.2. The molecule has 0 radical (unpaired) electrons. The summed E-state index contributed by atoms with van der Waals surface area (Å²) in [5.41, 5.74) is -1.05. The predicted octanol–water partition coefficient (Wildman–Crippen LogP) is 3.77. The monoisotopic (exact) mass is 537 g/mol. The molecular weight excluding hydrogens is 505 g/mol. The molecule has 1 aliphatic carbocycles. The van der Waals surface area contributed by atoms with Gasteiger partial charge in [-0.1, -0.05) is 11.8 Å². The summed E-state index contributed by atoms with van der Waals surface area (Å²) in [5, 5.41) is 6.90. The first-order chi connectivity index (χ1) is 17.0. The van der Waals surface area contributed by atoms with E-state index in [1.54, 1.807) is 0 Å². The van der Waals surface area contributed by atoms with Crippen LogP contribution in [0, 0.1) is 5.95 Å². The van der Waals surface area contributed by atoms with Gasteiger partial charge in [0.2, 0.25) is 17.1 Å². The predicted molar refractivity (Wildman–Crippen MR) is 126 cm³/mol. The van der Waals surface area contributed by atoms with Gasteiger partial charge in [-0.2, -0.15) is 22.7 Å². The third-order valence-corrected chi connectivity index (χ3v) is 8.47. The van der Waals surface area contributed by atoms with Gasteiger partial charge >= 0.3 is 6.18 Å². The zero-order valence-electron chi connectivity index (χ0n) is 20.2. The van der Waals surface area contributed by atoms with Gasteiger partial charge in [0, 0.05) is 37.0 Å². The van der Waals surface area contributed by atoms with Crippen LogP contribution in [0.2, 0.25) is 0 Å². The SMILES string of the molecule is Cn1ncc(CC(=O)NC2CCC(F)(CCN3CCC4N=C(OCC(F)(F)F)SC4CC3)CC2)c1F. The molecule has 2 fully saturated rings. The van der Waals surface area contributed by atoms with E-state index in [1.165, 1.54) is 25.0 Å². The Morgan fingerprint density at radius 2 is 1.97 bits per heavy atom. The maximum absolute atomic E-state index is 15.5. The van der Waals surface area contributed by atoms with E-state index in [2.05, 4.69) is 20.3 Å². The molecule has 13 heteroatoms. The highest BCUT2D eigenvalue weighted by molar-refractivity contribution is 8.14. The molecule has 3 aliphatic rings. The minimum atomic E-state index is -4.38. The Labute approximate surface area is 211 Å². The molecule has 0 spiro atoms. The highest BCUT2D eigenvalue weighted by Gasteiger charge is 2.38. The van der Waals surface area contributed by atoms with Crippen molar-refractivity contribution in [3.8, 4) is 0 Å². The van der Waals surface area contributed by atoms with Crippen molar-refractivity contribution in [3.05, 3.63) is 17.7 Å². The van der Waals surface area contributed by atoms with E-state index in [4.69, 9.17) is 4.74 Å². The van der Waals surface area contributed by atoms with Crippen LogP contribution < -0.4 is 5.32 Å². The number of alkyl halides is 4. The Morgan fingerprint density at radius 3 is 2.64 bits per heavy atom. The summed E-state index contributed by atoms with van der Waals surface area (Å²) in [5.74, 6) is -0.824. The molecule has 1 N–H and O–H groups in total. The average Bonchev–Trinajstić information content (AvgIpc) is 3.29. The van der Waals surface area contributed by atoms with Gasteiger partial charge in [-0.15, -0.1) is 0 Å². The number of aromatic nitrogens is 2. The number of likely N-dealkylation sites (tertiary alicyclic amines) is 1. The summed E-state index contributed by atoms with van der Waals surface area (Å²) in [6, 6.07) is -0.191. The highest BCUT2D eigenvalue weighted by atomic mass is 32.2. The number of fused-ring (bicyclic) bond motifs is 1. The zero-order chi connectivity index (χ0) is 25.9. The summed E-state index contributed by atoms with van der Waals surface area (Å²) >= 11 is 1.27. The zero-order valence-corrected chi connectivity index (χ0v) is 21.0. The average molecular weight is 538 g/mol. The molecule has 202 valence electrons. The number of nitrogens with zero attached hydrogens (tertiary/aromatic N) is 4. The molecule has 7 nitrogen and oxygen atoms in total. The van der Waals surface area contributed by atoms with E-state index in [-0.39, 0.29) is 40.5 Å². The standard InChI is InChI=1S/C23H32F5N5O2S/c1-32-20(24)15(13-29-32)12-19(34)30-16-2-6-22(25,7-3-16)8-11-33-9-4-17-18(5-10-33)36-21(31-17)35-14-23(26,27)28/h13,16-18H,2-12,14H2,1H3,(H,30,34). The Hall–Kier alpha value is -1.89. The lowest BCUT2D eigenvalue weighted by atomic mass is 9.81. The first-order valence-electron chi connectivity index (χ1n) is 12.3. The summed E-state index contributed by atoms with van der Waals surface area (Å²) in [6.07, 6.45) is 0.538. The number of ether oxygens (including phenoxy) is 1. The largest absolute Gasteiger partial charge is 0.463 e. The van der Waals surface area contributed by atoms with Crippen LogP contribution in [-0.2, 0) is 23.0 Å². The number of halogens is 5. The van der Waals surface area contributed by atoms with E-state index < -0.39 is 24.4 Å². The number of carbonyl (C=O) groups is 1. The lowest BCUT2D eigenvalue weighted by molar-refractivity contribution is -0.155. The lowest BCUT2D eigenvalue weighted by Gasteiger charge is -2.35. The fourth-order valence-electron chi connectivity index (χ4n) is 5.06. The summed E-state index contributed by atoms with van der Waals surface area (Å²) in [7, 11) is 1.47. The fourth-order valence-corrected chi connectivity index (χ4v) is 6.22. The number of amides is 1. The Kier molecular flexibility index (Phi) is 8.48. The smallest absolute Gasteiger partial charge is 0.422 e. The number of thioether (sulfide) groups is 1. The molecule has 0 aromatic carbocycles. The van der Waals surface area contributed by atoms with Crippen molar-refractivity contribution in [3.63, 3.8) is 0 Å². The van der Waals surface area contributed by atoms with Crippen LogP contribution in [-0.4, -0.2) is 81.2 Å². The summed E-state index contributed by atoms with van der Waals surface area (Å²) in [6.45, 7) is 0.753. The number of hydrogen-bond acceptors (Lipinski definition) is 6. The molecule has 1 saturated heterocycles. The minimum Gasteiger partial charge on any atom is -0.463 e. The minimum absolute atomic E-state index is 0.0678. The molecule has 2 atom stereocenters. The highest BCUT2D eigenvalue weighted by Crippen LogP contribution is 2.37. The molecule has 1 amide bonds. The number of rotatable bonds is 7. The van der Waals surface area contributed by atoms with E-state index >= 15 is 4.39 Å². The van der Waals surface area contributed by atoms with Gasteiger partial charge in [0.15, 0.2) is 6.61 Å². The van der Waals surface area contributed by atoms with Crippen LogP contribution in [0.1, 0.15) is 50.5 Å². The second-order valence-electron chi connectivity index (χ2n) is 9.95. The molecule has 4 rings (SSSR count). The van der Waals surface area contributed by atoms with Crippen LogP contribution >= 0.6 is 11.8 Å². The molecule has 1 aromatic rings. The van der Waals surface area contributed by atoms with Crippen molar-refractivity contribution in [1.29, 1.82) is 0 Å². The van der Waals surface area contributed by atoms with Gasteiger partial charge in [0.1, 0.15) is 5.67 Å². The van der Waals surface area contributed by atoms with Crippen molar-refractivity contribution in [1.82, 2.24) is 20.0 Å². The maximum Gasteiger partial charge on any atom is 0.422 e. The maximum atomic E-state index is 15.5. The van der Waals surface area contributed by atoms with Crippen molar-refractivity contribution in [2.45, 2.75) is 80.5 Å². The second kappa shape index (κ2) is 11.2. The van der Waals surface area contributed by atoms with Crippen molar-refractivity contribution in [2.24, 2.45) is 12.0 Å². The number of nitrogens with one attached hydrogen (secondary N) is 1. The molecule has 1 aromatic heterocycles. The first-order valence-corrected chi connectivity index (χ1v) is 13.2. The Morgan fingerprint density at radius 1 is 1.25 bits per heavy atom. The van der Waals surface area contributed by atoms with E-state index in [0.29, 0.717) is 45.1 Å².